The third-order valence-corrected chi connectivity index (χ3v) is 3.90. The summed E-state index contributed by atoms with van der Waals surface area (Å²) in [6.07, 6.45) is 3.91. The van der Waals surface area contributed by atoms with Crippen LogP contribution in [-0.2, 0) is 6.54 Å². The van der Waals surface area contributed by atoms with E-state index in [1.54, 1.807) is 6.33 Å². The average molecular weight is 251 g/mol. The fourth-order valence-corrected chi connectivity index (χ4v) is 2.72. The van der Waals surface area contributed by atoms with Crippen molar-refractivity contribution in [3.63, 3.8) is 0 Å². The van der Waals surface area contributed by atoms with Crippen molar-refractivity contribution in [1.29, 1.82) is 0 Å². The number of hydrogen-bond donors (Lipinski definition) is 1. The van der Waals surface area contributed by atoms with E-state index in [1.165, 1.54) is 0 Å². The quantitative estimate of drug-likeness (QED) is 0.879. The van der Waals surface area contributed by atoms with Gasteiger partial charge in [0.1, 0.15) is 12.2 Å². The fourth-order valence-electron chi connectivity index (χ4n) is 2.72. The maximum atomic E-state index is 6.14. The molecule has 0 saturated carbocycles. The summed E-state index contributed by atoms with van der Waals surface area (Å²) in [5.74, 6) is 1.68. The molecular formula is C13H25N5. The Balaban J connectivity index is 1.99. The summed E-state index contributed by atoms with van der Waals surface area (Å²) in [7, 11) is 0. The van der Waals surface area contributed by atoms with Gasteiger partial charge in [-0.25, -0.2) is 9.67 Å². The highest BCUT2D eigenvalue weighted by Gasteiger charge is 2.26. The number of nitrogens with two attached hydrogens (primary N) is 1. The molecule has 2 heterocycles. The minimum absolute atomic E-state index is 0.370. The molecule has 2 N–H and O–H groups in total. The summed E-state index contributed by atoms with van der Waals surface area (Å²) in [5.41, 5.74) is 6.14. The molecule has 2 atom stereocenters. The molecule has 0 aliphatic carbocycles. The smallest absolute Gasteiger partial charge is 0.141 e. The van der Waals surface area contributed by atoms with Crippen LogP contribution in [0.25, 0.3) is 0 Å². The van der Waals surface area contributed by atoms with Gasteiger partial charge in [-0.15, -0.1) is 0 Å². The van der Waals surface area contributed by atoms with E-state index in [2.05, 4.69) is 35.8 Å². The van der Waals surface area contributed by atoms with Crippen LogP contribution in [0.3, 0.4) is 0 Å². The highest BCUT2D eigenvalue weighted by Crippen LogP contribution is 2.20. The molecule has 5 nitrogen and oxygen atoms in total. The summed E-state index contributed by atoms with van der Waals surface area (Å²) in [6.45, 7) is 9.55. The Labute approximate surface area is 109 Å². The number of aromatic nitrogens is 3. The van der Waals surface area contributed by atoms with E-state index in [-0.39, 0.29) is 0 Å². The summed E-state index contributed by atoms with van der Waals surface area (Å²) in [6, 6.07) is 0.741. The van der Waals surface area contributed by atoms with E-state index in [9.17, 15) is 0 Å². The van der Waals surface area contributed by atoms with Gasteiger partial charge in [0.15, 0.2) is 0 Å². The molecule has 2 rings (SSSR count). The third kappa shape index (κ3) is 2.90. The Kier molecular flexibility index (Phi) is 4.35. The second kappa shape index (κ2) is 5.80. The van der Waals surface area contributed by atoms with Gasteiger partial charge >= 0.3 is 0 Å². The first kappa shape index (κ1) is 13.5. The van der Waals surface area contributed by atoms with Crippen molar-refractivity contribution in [3.8, 4) is 0 Å². The average Bonchev–Trinajstić information content (AvgIpc) is 2.80. The topological polar surface area (TPSA) is 60.0 Å². The van der Waals surface area contributed by atoms with Crippen LogP contribution in [0.1, 0.15) is 45.5 Å². The van der Waals surface area contributed by atoms with Gasteiger partial charge in [0.05, 0.1) is 6.54 Å². The zero-order valence-electron chi connectivity index (χ0n) is 11.7. The van der Waals surface area contributed by atoms with Gasteiger partial charge in [-0.3, -0.25) is 4.90 Å². The van der Waals surface area contributed by atoms with Crippen LogP contribution in [0, 0.1) is 5.92 Å². The highest BCUT2D eigenvalue weighted by molar-refractivity contribution is 4.90. The number of hydrogen-bond acceptors (Lipinski definition) is 4. The SMILES string of the molecule is CCC1CN(Cc2ncnn2C(C)C)CCC1N. The predicted octanol–water partition coefficient (Wildman–Crippen LogP) is 1.42. The lowest BCUT2D eigenvalue weighted by Gasteiger charge is -2.36. The van der Waals surface area contributed by atoms with Gasteiger partial charge in [0.25, 0.3) is 0 Å². The van der Waals surface area contributed by atoms with E-state index in [0.29, 0.717) is 18.0 Å². The van der Waals surface area contributed by atoms with Crippen molar-refractivity contribution in [2.75, 3.05) is 13.1 Å². The van der Waals surface area contributed by atoms with E-state index < -0.39 is 0 Å². The summed E-state index contributed by atoms with van der Waals surface area (Å²) >= 11 is 0. The van der Waals surface area contributed by atoms with Crippen LogP contribution in [0.15, 0.2) is 6.33 Å². The molecule has 5 heteroatoms. The molecule has 1 aliphatic rings. The zero-order chi connectivity index (χ0) is 13.1. The maximum Gasteiger partial charge on any atom is 0.141 e. The Morgan fingerprint density at radius 2 is 2.28 bits per heavy atom. The molecule has 0 bridgehead atoms. The molecule has 0 radical (unpaired) electrons. The van der Waals surface area contributed by atoms with Crippen molar-refractivity contribution in [2.45, 2.75) is 52.2 Å². The van der Waals surface area contributed by atoms with E-state index in [1.807, 2.05) is 4.68 Å². The Morgan fingerprint density at radius 3 is 2.94 bits per heavy atom. The second-order valence-electron chi connectivity index (χ2n) is 5.57. The molecule has 1 aromatic rings. The van der Waals surface area contributed by atoms with Crippen molar-refractivity contribution in [2.24, 2.45) is 11.7 Å². The Hall–Kier alpha value is -0.940. The van der Waals surface area contributed by atoms with Crippen molar-refractivity contribution >= 4 is 0 Å². The molecule has 18 heavy (non-hydrogen) atoms. The maximum absolute atomic E-state index is 6.14. The van der Waals surface area contributed by atoms with E-state index in [0.717, 1.165) is 38.3 Å². The monoisotopic (exact) mass is 251 g/mol. The minimum Gasteiger partial charge on any atom is -0.327 e. The summed E-state index contributed by atoms with van der Waals surface area (Å²) < 4.78 is 2.01. The van der Waals surface area contributed by atoms with Crippen LogP contribution in [0.2, 0.25) is 0 Å². The molecule has 102 valence electrons. The molecule has 0 spiro atoms. The summed E-state index contributed by atoms with van der Waals surface area (Å²) in [4.78, 5) is 6.84. The normalized spacial score (nSPS) is 25.8. The standard InChI is InChI=1S/C13H25N5/c1-4-11-7-17(6-5-12(11)14)8-13-15-9-16-18(13)10(2)3/h9-12H,4-8,14H2,1-3H3. The molecule has 0 aromatic carbocycles. The van der Waals surface area contributed by atoms with Gasteiger partial charge in [-0.1, -0.05) is 13.3 Å². The first-order chi connectivity index (χ1) is 8.61. The van der Waals surface area contributed by atoms with Crippen molar-refractivity contribution in [3.05, 3.63) is 12.2 Å². The van der Waals surface area contributed by atoms with E-state index >= 15 is 0 Å². The van der Waals surface area contributed by atoms with Crippen LogP contribution in [0.4, 0.5) is 0 Å². The lowest BCUT2D eigenvalue weighted by atomic mass is 9.91. The van der Waals surface area contributed by atoms with Crippen LogP contribution in [0.5, 0.6) is 0 Å². The first-order valence-electron chi connectivity index (χ1n) is 6.98. The van der Waals surface area contributed by atoms with Gasteiger partial charge in [-0.2, -0.15) is 5.10 Å². The predicted molar refractivity (Wildman–Crippen MR) is 72.1 cm³/mol. The highest BCUT2D eigenvalue weighted by atomic mass is 15.4. The number of likely N-dealkylation sites (tertiary alicyclic amines) is 1. The van der Waals surface area contributed by atoms with Gasteiger partial charge < -0.3 is 5.73 Å². The van der Waals surface area contributed by atoms with Crippen LogP contribution in [-0.4, -0.2) is 38.8 Å². The van der Waals surface area contributed by atoms with Crippen LogP contribution >= 0.6 is 0 Å². The Bertz CT molecular complexity index is 373. The van der Waals surface area contributed by atoms with Gasteiger partial charge in [0, 0.05) is 25.2 Å². The van der Waals surface area contributed by atoms with Crippen LogP contribution < -0.4 is 5.73 Å². The van der Waals surface area contributed by atoms with Gasteiger partial charge in [-0.05, 0) is 26.2 Å². The Morgan fingerprint density at radius 1 is 1.50 bits per heavy atom. The largest absolute Gasteiger partial charge is 0.327 e. The number of rotatable bonds is 4. The number of piperidine rings is 1. The molecule has 1 fully saturated rings. The van der Waals surface area contributed by atoms with Gasteiger partial charge in [0.2, 0.25) is 0 Å². The third-order valence-electron chi connectivity index (χ3n) is 3.90. The number of nitrogens with zero attached hydrogens (tertiary/aromatic N) is 4. The van der Waals surface area contributed by atoms with E-state index in [4.69, 9.17) is 5.73 Å². The lowest BCUT2D eigenvalue weighted by Crippen LogP contribution is -2.46. The van der Waals surface area contributed by atoms with Crippen molar-refractivity contribution in [1.82, 2.24) is 19.7 Å². The molecule has 1 aromatic heterocycles. The minimum atomic E-state index is 0.370. The summed E-state index contributed by atoms with van der Waals surface area (Å²) in [5, 5.41) is 4.29. The molecule has 1 saturated heterocycles. The van der Waals surface area contributed by atoms with Crippen molar-refractivity contribution < 1.29 is 0 Å². The molecule has 2 unspecified atom stereocenters. The lowest BCUT2D eigenvalue weighted by molar-refractivity contribution is 0.140. The molecule has 1 aliphatic heterocycles. The molecular weight excluding hydrogens is 226 g/mol. The fraction of sp³-hybridized carbons (Fsp3) is 0.846. The molecule has 0 amide bonds. The second-order valence-corrected chi connectivity index (χ2v) is 5.57. The first-order valence-corrected chi connectivity index (χ1v) is 6.98. The zero-order valence-corrected chi connectivity index (χ0v) is 11.7.